The topological polar surface area (TPSA) is 72.7 Å². The number of aryl methyl sites for hydroxylation is 2. The Morgan fingerprint density at radius 3 is 2.77 bits per heavy atom. The lowest BCUT2D eigenvalue weighted by Crippen LogP contribution is -2.25. The summed E-state index contributed by atoms with van der Waals surface area (Å²) in [7, 11) is 0. The Morgan fingerprint density at radius 2 is 2.00 bits per heavy atom. The normalized spacial score (nSPS) is 10.7. The highest BCUT2D eigenvalue weighted by molar-refractivity contribution is 7.99. The standard InChI is InChI=1S/C18H18FN5OS/c1-12-7-8-15(9-13(12)2)24-18(21-22-23-24)26-11-17(25)20-10-14-5-3-4-6-16(14)19/h3-9H,10-11H2,1-2H3,(H,20,25). The second-order valence-electron chi connectivity index (χ2n) is 5.80. The van der Waals surface area contributed by atoms with E-state index in [0.29, 0.717) is 10.7 Å². The van der Waals surface area contributed by atoms with Crippen molar-refractivity contribution in [2.45, 2.75) is 25.5 Å². The molecular formula is C18H18FN5OS. The molecule has 0 atom stereocenters. The van der Waals surface area contributed by atoms with E-state index in [0.717, 1.165) is 11.3 Å². The van der Waals surface area contributed by atoms with Gasteiger partial charge in [0.1, 0.15) is 5.82 Å². The summed E-state index contributed by atoms with van der Waals surface area (Å²) in [5.41, 5.74) is 3.61. The molecule has 0 bridgehead atoms. The molecule has 0 fully saturated rings. The molecule has 3 rings (SSSR count). The highest BCUT2D eigenvalue weighted by Gasteiger charge is 2.12. The van der Waals surface area contributed by atoms with Gasteiger partial charge in [0.2, 0.25) is 11.1 Å². The van der Waals surface area contributed by atoms with Gasteiger partial charge in [-0.25, -0.2) is 4.39 Å². The predicted molar refractivity (Wildman–Crippen MR) is 97.6 cm³/mol. The van der Waals surface area contributed by atoms with Crippen molar-refractivity contribution in [2.75, 3.05) is 5.75 Å². The van der Waals surface area contributed by atoms with Gasteiger partial charge in [0, 0.05) is 12.1 Å². The third kappa shape index (κ3) is 4.26. The number of nitrogens with zero attached hydrogens (tertiary/aromatic N) is 4. The summed E-state index contributed by atoms with van der Waals surface area (Å²) < 4.78 is 15.2. The van der Waals surface area contributed by atoms with E-state index >= 15 is 0 Å². The molecule has 1 N–H and O–H groups in total. The first-order chi connectivity index (χ1) is 12.5. The smallest absolute Gasteiger partial charge is 0.230 e. The number of thioether (sulfide) groups is 1. The summed E-state index contributed by atoms with van der Waals surface area (Å²) in [5, 5.41) is 14.9. The molecule has 6 nitrogen and oxygen atoms in total. The van der Waals surface area contributed by atoms with Crippen LogP contribution < -0.4 is 5.32 Å². The van der Waals surface area contributed by atoms with Gasteiger partial charge < -0.3 is 5.32 Å². The number of carbonyl (C=O) groups is 1. The largest absolute Gasteiger partial charge is 0.351 e. The van der Waals surface area contributed by atoms with Crippen LogP contribution in [-0.2, 0) is 11.3 Å². The van der Waals surface area contributed by atoms with Crippen molar-refractivity contribution >= 4 is 17.7 Å². The highest BCUT2D eigenvalue weighted by Crippen LogP contribution is 2.20. The molecule has 0 saturated carbocycles. The Morgan fingerprint density at radius 1 is 1.19 bits per heavy atom. The molecule has 0 unspecified atom stereocenters. The van der Waals surface area contributed by atoms with Crippen molar-refractivity contribution in [1.82, 2.24) is 25.5 Å². The lowest BCUT2D eigenvalue weighted by Gasteiger charge is -2.08. The molecule has 0 aliphatic carbocycles. The zero-order chi connectivity index (χ0) is 18.5. The number of aromatic nitrogens is 4. The summed E-state index contributed by atoms with van der Waals surface area (Å²) in [4.78, 5) is 12.0. The minimum absolute atomic E-state index is 0.139. The van der Waals surface area contributed by atoms with Crippen molar-refractivity contribution in [1.29, 1.82) is 0 Å². The maximum Gasteiger partial charge on any atom is 0.230 e. The van der Waals surface area contributed by atoms with Crippen LogP contribution >= 0.6 is 11.8 Å². The van der Waals surface area contributed by atoms with Crippen LogP contribution in [0.4, 0.5) is 4.39 Å². The molecule has 8 heteroatoms. The molecule has 2 aromatic carbocycles. The van der Waals surface area contributed by atoms with Gasteiger partial charge in [-0.3, -0.25) is 4.79 Å². The van der Waals surface area contributed by atoms with Gasteiger partial charge in [-0.15, -0.1) is 5.10 Å². The van der Waals surface area contributed by atoms with Gasteiger partial charge in [0.05, 0.1) is 11.4 Å². The van der Waals surface area contributed by atoms with Crippen molar-refractivity contribution < 1.29 is 9.18 Å². The van der Waals surface area contributed by atoms with E-state index in [1.54, 1.807) is 22.9 Å². The quantitative estimate of drug-likeness (QED) is 0.675. The van der Waals surface area contributed by atoms with Gasteiger partial charge in [-0.1, -0.05) is 36.0 Å². The van der Waals surface area contributed by atoms with Crippen LogP contribution in [0.5, 0.6) is 0 Å². The van der Waals surface area contributed by atoms with E-state index in [1.165, 1.54) is 23.4 Å². The number of carbonyl (C=O) groups excluding carboxylic acids is 1. The minimum atomic E-state index is -0.334. The number of amides is 1. The molecule has 1 heterocycles. The maximum absolute atomic E-state index is 13.6. The molecule has 1 amide bonds. The second-order valence-corrected chi connectivity index (χ2v) is 6.74. The molecule has 0 saturated heterocycles. The number of nitrogens with one attached hydrogen (secondary N) is 1. The third-order valence-corrected chi connectivity index (χ3v) is 4.86. The molecule has 134 valence electrons. The predicted octanol–water partition coefficient (Wildman–Crippen LogP) is 2.83. The Kier molecular flexibility index (Phi) is 5.62. The van der Waals surface area contributed by atoms with Crippen molar-refractivity contribution in [2.24, 2.45) is 0 Å². The molecule has 3 aromatic rings. The SMILES string of the molecule is Cc1ccc(-n2nnnc2SCC(=O)NCc2ccccc2F)cc1C. The van der Waals surface area contributed by atoms with Gasteiger partial charge in [-0.2, -0.15) is 4.68 Å². The Bertz CT molecular complexity index is 927. The summed E-state index contributed by atoms with van der Waals surface area (Å²) in [6, 6.07) is 12.3. The van der Waals surface area contributed by atoms with Crippen molar-refractivity contribution in [3.8, 4) is 5.69 Å². The minimum Gasteiger partial charge on any atom is -0.351 e. The average Bonchev–Trinajstić information content (AvgIpc) is 3.10. The first-order valence-electron chi connectivity index (χ1n) is 8.03. The summed E-state index contributed by atoms with van der Waals surface area (Å²) in [5.74, 6) is -0.410. The maximum atomic E-state index is 13.6. The third-order valence-electron chi connectivity index (χ3n) is 3.94. The summed E-state index contributed by atoms with van der Waals surface area (Å²) in [6.45, 7) is 4.20. The van der Waals surface area contributed by atoms with Crippen LogP contribution in [0.25, 0.3) is 5.69 Å². The Balaban J connectivity index is 1.60. The molecule has 0 spiro atoms. The lowest BCUT2D eigenvalue weighted by atomic mass is 10.1. The van der Waals surface area contributed by atoms with Gasteiger partial charge in [0.15, 0.2) is 0 Å². The van der Waals surface area contributed by atoms with Crippen LogP contribution in [0.15, 0.2) is 47.6 Å². The molecule has 0 aliphatic heterocycles. The number of tetrazole rings is 1. The average molecular weight is 371 g/mol. The lowest BCUT2D eigenvalue weighted by molar-refractivity contribution is -0.118. The van der Waals surface area contributed by atoms with Crippen LogP contribution in [-0.4, -0.2) is 31.9 Å². The molecule has 0 aliphatic rings. The number of rotatable bonds is 6. The molecule has 0 radical (unpaired) electrons. The second kappa shape index (κ2) is 8.09. The van der Waals surface area contributed by atoms with Crippen LogP contribution in [0, 0.1) is 19.7 Å². The van der Waals surface area contributed by atoms with Crippen molar-refractivity contribution in [3.05, 3.63) is 65.0 Å². The van der Waals surface area contributed by atoms with E-state index < -0.39 is 0 Å². The first kappa shape index (κ1) is 18.1. The number of benzene rings is 2. The van der Waals surface area contributed by atoms with E-state index in [4.69, 9.17) is 0 Å². The molecule has 26 heavy (non-hydrogen) atoms. The Hall–Kier alpha value is -2.74. The summed E-state index contributed by atoms with van der Waals surface area (Å²) >= 11 is 1.23. The van der Waals surface area contributed by atoms with Crippen LogP contribution in [0.2, 0.25) is 0 Å². The zero-order valence-corrected chi connectivity index (χ0v) is 15.3. The van der Waals surface area contributed by atoms with E-state index in [-0.39, 0.29) is 24.0 Å². The van der Waals surface area contributed by atoms with Crippen LogP contribution in [0.1, 0.15) is 16.7 Å². The fraction of sp³-hybridized carbons (Fsp3) is 0.222. The summed E-state index contributed by atoms with van der Waals surface area (Å²) in [6.07, 6.45) is 0. The number of hydrogen-bond acceptors (Lipinski definition) is 5. The van der Waals surface area contributed by atoms with Crippen LogP contribution in [0.3, 0.4) is 0 Å². The van der Waals surface area contributed by atoms with E-state index in [9.17, 15) is 9.18 Å². The first-order valence-corrected chi connectivity index (χ1v) is 9.02. The zero-order valence-electron chi connectivity index (χ0n) is 14.4. The highest BCUT2D eigenvalue weighted by atomic mass is 32.2. The van der Waals surface area contributed by atoms with Gasteiger partial charge in [0.25, 0.3) is 0 Å². The Labute approximate surface area is 154 Å². The van der Waals surface area contributed by atoms with Gasteiger partial charge >= 0.3 is 0 Å². The van der Waals surface area contributed by atoms with Crippen molar-refractivity contribution in [3.63, 3.8) is 0 Å². The molecular weight excluding hydrogens is 353 g/mol. The number of hydrogen-bond donors (Lipinski definition) is 1. The van der Waals surface area contributed by atoms with E-state index in [1.807, 2.05) is 32.0 Å². The van der Waals surface area contributed by atoms with Gasteiger partial charge in [-0.05, 0) is 53.6 Å². The number of halogens is 1. The van der Waals surface area contributed by atoms with E-state index in [2.05, 4.69) is 20.8 Å². The monoisotopic (exact) mass is 371 g/mol. The molecule has 1 aromatic heterocycles. The fourth-order valence-corrected chi connectivity index (χ4v) is 3.03. The fourth-order valence-electron chi connectivity index (χ4n) is 2.31.